The van der Waals surface area contributed by atoms with E-state index < -0.39 is 5.97 Å². The molecule has 0 saturated heterocycles. The molecule has 0 aromatic carbocycles. The number of aliphatic carboxylic acids is 1. The first-order chi connectivity index (χ1) is 5.75. The largest absolute Gasteiger partial charge is 0.549 e. The minimum Gasteiger partial charge on any atom is -0.549 e. The first-order valence-corrected chi connectivity index (χ1v) is 4.69. The maximum absolute atomic E-state index is 10.2. The molecule has 0 amide bonds. The van der Waals surface area contributed by atoms with Crippen LogP contribution in [0.5, 0.6) is 0 Å². The van der Waals surface area contributed by atoms with Crippen LogP contribution in [0, 0.1) is 11.8 Å². The highest BCUT2D eigenvalue weighted by Crippen LogP contribution is 2.44. The second-order valence-electron chi connectivity index (χ2n) is 4.03. The van der Waals surface area contributed by atoms with Crippen LogP contribution in [0.4, 0.5) is 0 Å². The van der Waals surface area contributed by atoms with Gasteiger partial charge in [0, 0.05) is 12.6 Å². The molecule has 0 spiro atoms. The predicted molar refractivity (Wildman–Crippen MR) is 42.2 cm³/mol. The van der Waals surface area contributed by atoms with Gasteiger partial charge in [-0.2, -0.15) is 0 Å². The van der Waals surface area contributed by atoms with E-state index in [9.17, 15) is 9.90 Å². The Hall–Kier alpha value is -0.570. The quantitative estimate of drug-likeness (QED) is 0.619. The van der Waals surface area contributed by atoms with Crippen molar-refractivity contribution in [2.24, 2.45) is 11.8 Å². The van der Waals surface area contributed by atoms with Crippen molar-refractivity contribution in [3.05, 3.63) is 0 Å². The fourth-order valence-electron chi connectivity index (χ4n) is 2.71. The van der Waals surface area contributed by atoms with Gasteiger partial charge in [0.15, 0.2) is 0 Å². The Bertz CT molecular complexity index is 193. The first-order valence-electron chi connectivity index (χ1n) is 4.69. The summed E-state index contributed by atoms with van der Waals surface area (Å²) in [5.74, 6) is 0.626. The monoisotopic (exact) mass is 168 g/mol. The summed E-state index contributed by atoms with van der Waals surface area (Å²) in [5.41, 5.74) is 0. The second-order valence-corrected chi connectivity index (χ2v) is 4.03. The lowest BCUT2D eigenvalue weighted by atomic mass is 9.95. The van der Waals surface area contributed by atoms with Crippen LogP contribution in [0.3, 0.4) is 0 Å². The minimum absolute atomic E-state index is 0.0217. The van der Waals surface area contributed by atoms with E-state index in [-0.39, 0.29) is 6.54 Å². The summed E-state index contributed by atoms with van der Waals surface area (Å²) in [6, 6.07) is 0.460. The summed E-state index contributed by atoms with van der Waals surface area (Å²) < 4.78 is 0. The molecule has 2 aliphatic rings. The molecule has 1 N–H and O–H groups in total. The lowest BCUT2D eigenvalue weighted by Gasteiger charge is -2.22. The summed E-state index contributed by atoms with van der Waals surface area (Å²) in [6.45, 7) is 0.0217. The van der Waals surface area contributed by atoms with Gasteiger partial charge in [-0.3, -0.25) is 0 Å². The van der Waals surface area contributed by atoms with Gasteiger partial charge >= 0.3 is 0 Å². The molecule has 0 aliphatic heterocycles. The van der Waals surface area contributed by atoms with Crippen molar-refractivity contribution in [1.29, 1.82) is 0 Å². The SMILES string of the molecule is O=C([O-])CNC1CC2CCC1C2. The molecule has 0 aromatic rings. The van der Waals surface area contributed by atoms with E-state index in [0.29, 0.717) is 6.04 Å². The summed E-state index contributed by atoms with van der Waals surface area (Å²) in [4.78, 5) is 10.2. The summed E-state index contributed by atoms with van der Waals surface area (Å²) in [5, 5.41) is 13.2. The zero-order valence-corrected chi connectivity index (χ0v) is 7.08. The van der Waals surface area contributed by atoms with Crippen molar-refractivity contribution >= 4 is 5.97 Å². The molecule has 2 fully saturated rings. The molecule has 68 valence electrons. The number of hydrogen-bond acceptors (Lipinski definition) is 3. The lowest BCUT2D eigenvalue weighted by molar-refractivity contribution is -0.304. The van der Waals surface area contributed by atoms with Crippen molar-refractivity contribution < 1.29 is 9.90 Å². The average Bonchev–Trinajstić information content (AvgIpc) is 2.60. The van der Waals surface area contributed by atoms with E-state index in [1.807, 2.05) is 0 Å². The van der Waals surface area contributed by atoms with Gasteiger partial charge in [0.1, 0.15) is 0 Å². The molecule has 3 atom stereocenters. The van der Waals surface area contributed by atoms with E-state index >= 15 is 0 Å². The summed E-state index contributed by atoms with van der Waals surface area (Å²) >= 11 is 0. The number of carboxylic acids is 1. The van der Waals surface area contributed by atoms with E-state index in [1.165, 1.54) is 25.7 Å². The number of carbonyl (C=O) groups excluding carboxylic acids is 1. The molecule has 0 heterocycles. The van der Waals surface area contributed by atoms with Gasteiger partial charge in [0.05, 0.1) is 5.97 Å². The zero-order chi connectivity index (χ0) is 8.55. The maximum Gasteiger partial charge on any atom is 0.0552 e. The molecule has 2 bridgehead atoms. The van der Waals surface area contributed by atoms with Gasteiger partial charge < -0.3 is 15.2 Å². The molecular weight excluding hydrogens is 154 g/mol. The predicted octanol–water partition coefficient (Wildman–Crippen LogP) is -0.485. The first kappa shape index (κ1) is 8.05. The van der Waals surface area contributed by atoms with Crippen LogP contribution in [0.25, 0.3) is 0 Å². The second kappa shape index (κ2) is 3.05. The molecule has 2 saturated carbocycles. The lowest BCUT2D eigenvalue weighted by Crippen LogP contribution is -2.42. The van der Waals surface area contributed by atoms with Crippen molar-refractivity contribution in [1.82, 2.24) is 5.32 Å². The highest BCUT2D eigenvalue weighted by Gasteiger charge is 2.38. The average molecular weight is 168 g/mol. The van der Waals surface area contributed by atoms with E-state index in [2.05, 4.69) is 5.32 Å². The number of rotatable bonds is 3. The molecule has 0 radical (unpaired) electrons. The van der Waals surface area contributed by atoms with Gasteiger partial charge in [-0.1, -0.05) is 6.42 Å². The maximum atomic E-state index is 10.2. The fraction of sp³-hybridized carbons (Fsp3) is 0.889. The van der Waals surface area contributed by atoms with Gasteiger partial charge in [0.2, 0.25) is 0 Å². The van der Waals surface area contributed by atoms with Crippen molar-refractivity contribution in [3.8, 4) is 0 Å². The number of carboxylic acid groups (broad SMARTS) is 1. The van der Waals surface area contributed by atoms with Crippen molar-refractivity contribution in [3.63, 3.8) is 0 Å². The van der Waals surface area contributed by atoms with Crippen LogP contribution < -0.4 is 10.4 Å². The molecule has 12 heavy (non-hydrogen) atoms. The number of hydrogen-bond donors (Lipinski definition) is 1. The number of carbonyl (C=O) groups is 1. The van der Waals surface area contributed by atoms with E-state index in [1.54, 1.807) is 0 Å². The van der Waals surface area contributed by atoms with E-state index in [0.717, 1.165) is 11.8 Å². The van der Waals surface area contributed by atoms with Crippen molar-refractivity contribution in [2.45, 2.75) is 31.7 Å². The molecule has 3 heteroatoms. The highest BCUT2D eigenvalue weighted by molar-refractivity contribution is 5.66. The minimum atomic E-state index is -0.988. The van der Waals surface area contributed by atoms with Gasteiger partial charge in [0.25, 0.3) is 0 Å². The van der Waals surface area contributed by atoms with E-state index in [4.69, 9.17) is 0 Å². The third-order valence-electron chi connectivity index (χ3n) is 3.25. The molecule has 2 rings (SSSR count). The Kier molecular flexibility index (Phi) is 2.05. The number of nitrogens with one attached hydrogen (secondary N) is 1. The Labute approximate surface area is 72.2 Å². The van der Waals surface area contributed by atoms with Gasteiger partial charge in [-0.15, -0.1) is 0 Å². The zero-order valence-electron chi connectivity index (χ0n) is 7.08. The summed E-state index contributed by atoms with van der Waals surface area (Å²) in [7, 11) is 0. The van der Waals surface area contributed by atoms with Crippen LogP contribution in [-0.4, -0.2) is 18.6 Å². The van der Waals surface area contributed by atoms with Gasteiger partial charge in [-0.25, -0.2) is 0 Å². The van der Waals surface area contributed by atoms with Crippen LogP contribution in [-0.2, 0) is 4.79 Å². The Morgan fingerprint density at radius 3 is 2.75 bits per heavy atom. The van der Waals surface area contributed by atoms with Crippen LogP contribution in [0.1, 0.15) is 25.7 Å². The Morgan fingerprint density at radius 1 is 1.42 bits per heavy atom. The van der Waals surface area contributed by atoms with Gasteiger partial charge in [-0.05, 0) is 31.1 Å². The van der Waals surface area contributed by atoms with Crippen LogP contribution in [0.2, 0.25) is 0 Å². The fourth-order valence-corrected chi connectivity index (χ4v) is 2.71. The normalized spacial score (nSPS) is 38.8. The molecule has 0 aromatic heterocycles. The Morgan fingerprint density at radius 2 is 2.25 bits per heavy atom. The molecule has 2 aliphatic carbocycles. The smallest absolute Gasteiger partial charge is 0.0552 e. The summed E-state index contributed by atoms with van der Waals surface area (Å²) in [6.07, 6.45) is 5.13. The van der Waals surface area contributed by atoms with Crippen LogP contribution in [0.15, 0.2) is 0 Å². The topological polar surface area (TPSA) is 52.2 Å². The molecular formula is C9H14NO2-. The molecule has 3 nitrogen and oxygen atoms in total. The van der Waals surface area contributed by atoms with Crippen molar-refractivity contribution in [2.75, 3.05) is 6.54 Å². The highest BCUT2D eigenvalue weighted by atomic mass is 16.4. The Balaban J connectivity index is 1.79. The standard InChI is InChI=1S/C9H15NO2/c11-9(12)5-10-8-4-6-1-2-7(8)3-6/h6-8,10H,1-5H2,(H,11,12)/p-1. The molecule has 3 unspecified atom stereocenters. The number of fused-ring (bicyclic) bond motifs is 2. The third kappa shape index (κ3) is 1.46. The third-order valence-corrected chi connectivity index (χ3v) is 3.25. The van der Waals surface area contributed by atoms with Crippen LogP contribution >= 0.6 is 0 Å².